The van der Waals surface area contributed by atoms with Crippen LogP contribution in [0, 0.1) is 29.9 Å². The van der Waals surface area contributed by atoms with Crippen LogP contribution in [-0.2, 0) is 11.3 Å². The molecule has 3 rings (SSSR count). The first-order chi connectivity index (χ1) is 13.3. The van der Waals surface area contributed by atoms with Crippen LogP contribution in [0.25, 0.3) is 0 Å². The van der Waals surface area contributed by atoms with Gasteiger partial charge in [-0.15, -0.1) is 0 Å². The van der Waals surface area contributed by atoms with E-state index in [2.05, 4.69) is 6.92 Å². The van der Waals surface area contributed by atoms with Gasteiger partial charge in [0.15, 0.2) is 0 Å². The third-order valence-electron chi connectivity index (χ3n) is 5.27. The summed E-state index contributed by atoms with van der Waals surface area (Å²) in [7, 11) is 0. The average molecular weight is 382 g/mol. The first-order valence-corrected chi connectivity index (χ1v) is 9.62. The third kappa shape index (κ3) is 4.50. The van der Waals surface area contributed by atoms with Gasteiger partial charge in [0.1, 0.15) is 12.3 Å². The topological polar surface area (TPSA) is 72.7 Å². The predicted octanol–water partition coefficient (Wildman–Crippen LogP) is 4.80. The van der Waals surface area contributed by atoms with E-state index in [9.17, 15) is 14.9 Å². The van der Waals surface area contributed by atoms with Crippen LogP contribution in [0.15, 0.2) is 36.4 Å². The lowest BCUT2D eigenvalue weighted by molar-refractivity contribution is -0.384. The van der Waals surface area contributed by atoms with E-state index in [0.717, 1.165) is 42.6 Å². The molecule has 0 N–H and O–H groups in total. The lowest BCUT2D eigenvalue weighted by atomic mass is 9.99. The predicted molar refractivity (Wildman–Crippen MR) is 109 cm³/mol. The molecule has 1 atom stereocenters. The Morgan fingerprint density at radius 3 is 2.75 bits per heavy atom. The smallest absolute Gasteiger partial charge is 0.338 e. The van der Waals surface area contributed by atoms with E-state index in [1.54, 1.807) is 12.1 Å². The number of nitro benzene ring substituents is 1. The molecule has 2 aromatic carbocycles. The van der Waals surface area contributed by atoms with Crippen molar-refractivity contribution in [1.29, 1.82) is 0 Å². The van der Waals surface area contributed by atoms with Crippen LogP contribution in [0.2, 0.25) is 0 Å². The summed E-state index contributed by atoms with van der Waals surface area (Å²) in [4.78, 5) is 25.7. The molecule has 0 aliphatic carbocycles. The number of aryl methyl sites for hydroxylation is 2. The molecule has 1 saturated heterocycles. The fourth-order valence-corrected chi connectivity index (χ4v) is 3.65. The number of carbonyl (C=O) groups is 1. The van der Waals surface area contributed by atoms with Crippen molar-refractivity contribution in [3.05, 3.63) is 68.8 Å². The Morgan fingerprint density at radius 1 is 1.25 bits per heavy atom. The average Bonchev–Trinajstić information content (AvgIpc) is 2.68. The number of hydrogen-bond acceptors (Lipinski definition) is 5. The van der Waals surface area contributed by atoms with Crippen LogP contribution in [0.1, 0.15) is 46.8 Å². The zero-order chi connectivity index (χ0) is 20.3. The third-order valence-corrected chi connectivity index (χ3v) is 5.27. The number of anilines is 1. The zero-order valence-electron chi connectivity index (χ0n) is 16.6. The van der Waals surface area contributed by atoms with Crippen molar-refractivity contribution in [2.75, 3.05) is 18.0 Å². The molecule has 0 unspecified atom stereocenters. The molecular formula is C22H26N2O4. The molecule has 6 heteroatoms. The van der Waals surface area contributed by atoms with Crippen molar-refractivity contribution in [3.63, 3.8) is 0 Å². The Kier molecular flexibility index (Phi) is 5.97. The highest BCUT2D eigenvalue weighted by molar-refractivity contribution is 5.91. The molecule has 0 spiro atoms. The molecule has 6 nitrogen and oxygen atoms in total. The summed E-state index contributed by atoms with van der Waals surface area (Å²) in [5.41, 5.74) is 3.79. The van der Waals surface area contributed by atoms with Gasteiger partial charge in [-0.05, 0) is 55.9 Å². The van der Waals surface area contributed by atoms with Crippen molar-refractivity contribution in [3.8, 4) is 0 Å². The molecule has 1 aliphatic heterocycles. The molecule has 28 heavy (non-hydrogen) atoms. The lowest BCUT2D eigenvalue weighted by Gasteiger charge is -2.32. The Bertz CT molecular complexity index is 894. The molecule has 0 amide bonds. The second kappa shape index (κ2) is 8.42. The molecule has 1 heterocycles. The van der Waals surface area contributed by atoms with Crippen molar-refractivity contribution in [2.24, 2.45) is 5.92 Å². The monoisotopic (exact) mass is 382 g/mol. The number of rotatable bonds is 5. The molecule has 2 aromatic rings. The standard InChI is InChI=1S/C22H26N2O4/c1-15-6-7-17(3)19(11-15)14-28-22(25)18-8-9-20(21(12-18)24(26)27)23-10-4-5-16(2)13-23/h6-9,11-12,16H,4-5,10,13-14H2,1-3H3/t16-/m0/s1. The lowest BCUT2D eigenvalue weighted by Crippen LogP contribution is -2.34. The quantitative estimate of drug-likeness (QED) is 0.422. The molecule has 0 bridgehead atoms. The van der Waals surface area contributed by atoms with Crippen LogP contribution in [0.5, 0.6) is 0 Å². The van der Waals surface area contributed by atoms with Gasteiger partial charge < -0.3 is 9.64 Å². The number of benzene rings is 2. The van der Waals surface area contributed by atoms with Crippen molar-refractivity contribution < 1.29 is 14.5 Å². The maximum absolute atomic E-state index is 12.5. The SMILES string of the molecule is Cc1ccc(C)c(COC(=O)c2ccc(N3CCC[C@H](C)C3)c([N+](=O)[O-])c2)c1. The summed E-state index contributed by atoms with van der Waals surface area (Å²) in [5.74, 6) is -0.0573. The first-order valence-electron chi connectivity index (χ1n) is 9.62. The number of piperidine rings is 1. The summed E-state index contributed by atoms with van der Waals surface area (Å²) in [6.45, 7) is 7.82. The summed E-state index contributed by atoms with van der Waals surface area (Å²) in [6, 6.07) is 10.6. The second-order valence-electron chi connectivity index (χ2n) is 7.66. The summed E-state index contributed by atoms with van der Waals surface area (Å²) in [5, 5.41) is 11.6. The summed E-state index contributed by atoms with van der Waals surface area (Å²) in [6.07, 6.45) is 2.14. The van der Waals surface area contributed by atoms with E-state index in [0.29, 0.717) is 11.6 Å². The highest BCUT2D eigenvalue weighted by atomic mass is 16.6. The summed E-state index contributed by atoms with van der Waals surface area (Å²) < 4.78 is 5.41. The number of nitro groups is 1. The van der Waals surface area contributed by atoms with E-state index < -0.39 is 10.9 Å². The van der Waals surface area contributed by atoms with Crippen LogP contribution in [-0.4, -0.2) is 24.0 Å². The van der Waals surface area contributed by atoms with E-state index >= 15 is 0 Å². The van der Waals surface area contributed by atoms with Gasteiger partial charge in [0, 0.05) is 19.2 Å². The van der Waals surface area contributed by atoms with Crippen LogP contribution >= 0.6 is 0 Å². The number of esters is 1. The summed E-state index contributed by atoms with van der Waals surface area (Å²) >= 11 is 0. The van der Waals surface area contributed by atoms with Gasteiger partial charge in [-0.3, -0.25) is 10.1 Å². The molecule has 148 valence electrons. The normalized spacial score (nSPS) is 16.7. The van der Waals surface area contributed by atoms with Gasteiger partial charge in [-0.1, -0.05) is 30.7 Å². The van der Waals surface area contributed by atoms with Crippen molar-refractivity contribution >= 4 is 17.3 Å². The maximum Gasteiger partial charge on any atom is 0.338 e. The Morgan fingerprint density at radius 2 is 2.04 bits per heavy atom. The Labute approximate surface area is 165 Å². The number of nitrogens with zero attached hydrogens (tertiary/aromatic N) is 2. The first kappa shape index (κ1) is 19.9. The van der Waals surface area contributed by atoms with Crippen LogP contribution < -0.4 is 4.90 Å². The van der Waals surface area contributed by atoms with Gasteiger partial charge in [-0.2, -0.15) is 0 Å². The minimum absolute atomic E-state index is 0.0460. The number of ether oxygens (including phenoxy) is 1. The largest absolute Gasteiger partial charge is 0.457 e. The highest BCUT2D eigenvalue weighted by Gasteiger charge is 2.25. The maximum atomic E-state index is 12.5. The second-order valence-corrected chi connectivity index (χ2v) is 7.66. The molecule has 1 fully saturated rings. The zero-order valence-corrected chi connectivity index (χ0v) is 16.6. The van der Waals surface area contributed by atoms with E-state index in [4.69, 9.17) is 4.74 Å². The molecule has 0 radical (unpaired) electrons. The molecule has 1 aliphatic rings. The molecular weight excluding hydrogens is 356 g/mol. The van der Waals surface area contributed by atoms with Crippen LogP contribution in [0.3, 0.4) is 0 Å². The van der Waals surface area contributed by atoms with Crippen LogP contribution in [0.4, 0.5) is 11.4 Å². The van der Waals surface area contributed by atoms with Crippen molar-refractivity contribution in [1.82, 2.24) is 0 Å². The number of carbonyl (C=O) groups excluding carboxylic acids is 1. The number of hydrogen-bond donors (Lipinski definition) is 0. The van der Waals surface area contributed by atoms with E-state index in [-0.39, 0.29) is 17.9 Å². The van der Waals surface area contributed by atoms with Crippen molar-refractivity contribution in [2.45, 2.75) is 40.2 Å². The fraction of sp³-hybridized carbons (Fsp3) is 0.409. The highest BCUT2D eigenvalue weighted by Crippen LogP contribution is 2.32. The van der Waals surface area contributed by atoms with Gasteiger partial charge in [0.05, 0.1) is 10.5 Å². The minimum Gasteiger partial charge on any atom is -0.457 e. The Hall–Kier alpha value is -2.89. The van der Waals surface area contributed by atoms with E-state index in [1.165, 1.54) is 6.07 Å². The minimum atomic E-state index is -0.553. The van der Waals surface area contributed by atoms with E-state index in [1.807, 2.05) is 36.9 Å². The van der Waals surface area contributed by atoms with Gasteiger partial charge in [0.2, 0.25) is 0 Å². The van der Waals surface area contributed by atoms with Gasteiger partial charge >= 0.3 is 5.97 Å². The van der Waals surface area contributed by atoms with Gasteiger partial charge in [0.25, 0.3) is 5.69 Å². The van der Waals surface area contributed by atoms with Gasteiger partial charge in [-0.25, -0.2) is 4.79 Å². The molecule has 0 saturated carbocycles. The molecule has 0 aromatic heterocycles. The fourth-order valence-electron chi connectivity index (χ4n) is 3.65. The Balaban J connectivity index is 1.78.